The Morgan fingerprint density at radius 3 is 2.42 bits per heavy atom. The van der Waals surface area contributed by atoms with Crippen molar-refractivity contribution in [2.75, 3.05) is 7.11 Å². The van der Waals surface area contributed by atoms with Crippen LogP contribution in [0.3, 0.4) is 0 Å². The minimum atomic E-state index is -0.461. The number of rotatable bonds is 7. The smallest absolute Gasteiger partial charge is 0.165 e. The zero-order valence-corrected chi connectivity index (χ0v) is 17.7. The summed E-state index contributed by atoms with van der Waals surface area (Å²) >= 11 is 0. The van der Waals surface area contributed by atoms with Crippen LogP contribution in [-0.2, 0) is 13.2 Å². The Morgan fingerprint density at radius 2 is 1.68 bits per heavy atom. The van der Waals surface area contributed by atoms with E-state index in [2.05, 4.69) is 29.6 Å². The van der Waals surface area contributed by atoms with Gasteiger partial charge in [0.2, 0.25) is 0 Å². The zero-order chi connectivity index (χ0) is 21.8. The van der Waals surface area contributed by atoms with Crippen LogP contribution in [0.25, 0.3) is 21.9 Å². The molecule has 0 fully saturated rings. The predicted octanol–water partition coefficient (Wildman–Crippen LogP) is 6.97. The van der Waals surface area contributed by atoms with Crippen LogP contribution in [0, 0.1) is 5.82 Å². The zero-order valence-electron chi connectivity index (χ0n) is 17.7. The van der Waals surface area contributed by atoms with E-state index >= 15 is 0 Å². The first-order valence-electron chi connectivity index (χ1n) is 10.3. The Hall–Kier alpha value is -3.24. The molecule has 4 heteroatoms. The first kappa shape index (κ1) is 21.0. The molecular formula is C27H25F2NO. The Morgan fingerprint density at radius 1 is 0.903 bits per heavy atom. The van der Waals surface area contributed by atoms with E-state index < -0.39 is 6.67 Å². The van der Waals surface area contributed by atoms with Crippen molar-refractivity contribution in [1.29, 1.82) is 0 Å². The van der Waals surface area contributed by atoms with E-state index in [4.69, 9.17) is 4.74 Å². The van der Waals surface area contributed by atoms with Gasteiger partial charge in [-0.1, -0.05) is 54.6 Å². The highest BCUT2D eigenvalue weighted by Gasteiger charge is 2.11. The molecule has 31 heavy (non-hydrogen) atoms. The van der Waals surface area contributed by atoms with Gasteiger partial charge in [0.1, 0.15) is 6.67 Å². The monoisotopic (exact) mass is 417 g/mol. The van der Waals surface area contributed by atoms with Crippen molar-refractivity contribution in [3.05, 3.63) is 101 Å². The lowest BCUT2D eigenvalue weighted by Gasteiger charge is -2.17. The summed E-state index contributed by atoms with van der Waals surface area (Å²) < 4.78 is 31.7. The molecule has 0 unspecified atom stereocenters. The highest BCUT2D eigenvalue weighted by atomic mass is 19.1. The van der Waals surface area contributed by atoms with Crippen molar-refractivity contribution >= 4 is 10.8 Å². The summed E-state index contributed by atoms with van der Waals surface area (Å²) in [6.45, 7) is 2.24. The molecule has 0 bridgehead atoms. The average molecular weight is 417 g/mol. The minimum absolute atomic E-state index is 0.0215. The third-order valence-corrected chi connectivity index (χ3v) is 5.63. The summed E-state index contributed by atoms with van der Waals surface area (Å²) in [6.07, 6.45) is 0. The number of hydrogen-bond donors (Lipinski definition) is 1. The molecule has 4 aromatic rings. The molecule has 0 spiro atoms. The molecule has 0 saturated heterocycles. The van der Waals surface area contributed by atoms with Crippen molar-refractivity contribution < 1.29 is 13.5 Å². The van der Waals surface area contributed by atoms with Gasteiger partial charge in [-0.25, -0.2) is 8.78 Å². The van der Waals surface area contributed by atoms with Crippen LogP contribution in [0.2, 0.25) is 0 Å². The SMILES string of the molecule is COc1cc([C@@H](C)NCc2cc(-c3ccc(CF)cc3)c3ccccc3c2)ccc1F. The lowest BCUT2D eigenvalue weighted by atomic mass is 9.95. The molecule has 158 valence electrons. The molecule has 0 aliphatic carbocycles. The number of hydrogen-bond acceptors (Lipinski definition) is 2. The molecule has 1 atom stereocenters. The molecule has 1 N–H and O–H groups in total. The number of fused-ring (bicyclic) bond motifs is 1. The van der Waals surface area contributed by atoms with Gasteiger partial charge in [0.05, 0.1) is 7.11 Å². The van der Waals surface area contributed by atoms with Gasteiger partial charge < -0.3 is 10.1 Å². The summed E-state index contributed by atoms with van der Waals surface area (Å²) in [5.74, 6) is -0.118. The molecular weight excluding hydrogens is 392 g/mol. The lowest BCUT2D eigenvalue weighted by molar-refractivity contribution is 0.385. The van der Waals surface area contributed by atoms with E-state index in [9.17, 15) is 8.78 Å². The van der Waals surface area contributed by atoms with Crippen LogP contribution in [0.15, 0.2) is 78.9 Å². The molecule has 2 nitrogen and oxygen atoms in total. The molecule has 0 aliphatic heterocycles. The fourth-order valence-corrected chi connectivity index (χ4v) is 3.82. The summed E-state index contributed by atoms with van der Waals surface area (Å²) in [7, 11) is 1.47. The molecule has 0 aromatic heterocycles. The second kappa shape index (κ2) is 9.27. The van der Waals surface area contributed by atoms with Gasteiger partial charge in [-0.2, -0.15) is 0 Å². The van der Waals surface area contributed by atoms with E-state index in [0.29, 0.717) is 12.1 Å². The number of methoxy groups -OCH3 is 1. The number of halogens is 2. The van der Waals surface area contributed by atoms with Crippen LogP contribution in [0.4, 0.5) is 8.78 Å². The van der Waals surface area contributed by atoms with Crippen molar-refractivity contribution in [1.82, 2.24) is 5.32 Å². The Kier molecular flexibility index (Phi) is 6.28. The number of nitrogens with one attached hydrogen (secondary N) is 1. The van der Waals surface area contributed by atoms with Gasteiger partial charge >= 0.3 is 0 Å². The van der Waals surface area contributed by atoms with Crippen molar-refractivity contribution in [3.8, 4) is 16.9 Å². The molecule has 0 saturated carbocycles. The van der Waals surface area contributed by atoms with Gasteiger partial charge in [-0.3, -0.25) is 0 Å². The topological polar surface area (TPSA) is 21.3 Å². The molecule has 4 rings (SSSR count). The quantitative estimate of drug-likeness (QED) is 0.350. The van der Waals surface area contributed by atoms with Crippen LogP contribution in [-0.4, -0.2) is 7.11 Å². The maximum absolute atomic E-state index is 13.7. The summed E-state index contributed by atoms with van der Waals surface area (Å²) in [4.78, 5) is 0. The average Bonchev–Trinajstić information content (AvgIpc) is 2.82. The third-order valence-electron chi connectivity index (χ3n) is 5.63. The number of ether oxygens (including phenoxy) is 1. The van der Waals surface area contributed by atoms with Gasteiger partial charge in [-0.05, 0) is 69.8 Å². The van der Waals surface area contributed by atoms with Gasteiger partial charge in [-0.15, -0.1) is 0 Å². The molecule has 0 radical (unpaired) electrons. The fraction of sp³-hybridized carbons (Fsp3) is 0.185. The second-order valence-electron chi connectivity index (χ2n) is 7.69. The van der Waals surface area contributed by atoms with Gasteiger partial charge in [0.25, 0.3) is 0 Å². The van der Waals surface area contributed by atoms with Crippen LogP contribution < -0.4 is 10.1 Å². The first-order chi connectivity index (χ1) is 15.1. The maximum atomic E-state index is 13.7. The normalized spacial score (nSPS) is 12.1. The Balaban J connectivity index is 1.62. The van der Waals surface area contributed by atoms with Crippen molar-refractivity contribution in [2.45, 2.75) is 26.2 Å². The maximum Gasteiger partial charge on any atom is 0.165 e. The van der Waals surface area contributed by atoms with Gasteiger partial charge in [0.15, 0.2) is 11.6 Å². The minimum Gasteiger partial charge on any atom is -0.494 e. The highest BCUT2D eigenvalue weighted by Crippen LogP contribution is 2.31. The van der Waals surface area contributed by atoms with Crippen molar-refractivity contribution in [3.63, 3.8) is 0 Å². The third kappa shape index (κ3) is 4.59. The molecule has 4 aromatic carbocycles. The Labute approximate surface area is 181 Å². The van der Waals surface area contributed by atoms with E-state index in [1.807, 2.05) is 43.3 Å². The highest BCUT2D eigenvalue weighted by molar-refractivity contribution is 5.97. The molecule has 0 amide bonds. The first-order valence-corrected chi connectivity index (χ1v) is 10.3. The summed E-state index contributed by atoms with van der Waals surface area (Å²) in [6, 6.07) is 25.2. The summed E-state index contributed by atoms with van der Waals surface area (Å²) in [5, 5.41) is 5.84. The molecule has 0 aliphatic rings. The number of benzene rings is 4. The lowest BCUT2D eigenvalue weighted by Crippen LogP contribution is -2.18. The standard InChI is InChI=1S/C27H25F2NO/c1-18(22-11-12-26(29)27(15-22)31-2)30-17-20-13-23-5-3-4-6-24(23)25(14-20)21-9-7-19(16-28)8-10-21/h3-15,18,30H,16-17H2,1-2H3/t18-/m1/s1. The van der Waals surface area contributed by atoms with E-state index in [0.717, 1.165) is 33.0 Å². The fourth-order valence-electron chi connectivity index (χ4n) is 3.82. The van der Waals surface area contributed by atoms with Gasteiger partial charge in [0, 0.05) is 12.6 Å². The van der Waals surface area contributed by atoms with Crippen LogP contribution >= 0.6 is 0 Å². The van der Waals surface area contributed by atoms with Crippen LogP contribution in [0.5, 0.6) is 5.75 Å². The van der Waals surface area contributed by atoms with E-state index in [1.165, 1.54) is 13.2 Å². The van der Waals surface area contributed by atoms with Crippen molar-refractivity contribution in [2.24, 2.45) is 0 Å². The largest absolute Gasteiger partial charge is 0.494 e. The number of alkyl halides is 1. The summed E-state index contributed by atoms with van der Waals surface area (Å²) in [5.41, 5.74) is 4.96. The van der Waals surface area contributed by atoms with E-state index in [1.54, 1.807) is 12.1 Å². The van der Waals surface area contributed by atoms with Crippen LogP contribution in [0.1, 0.15) is 29.7 Å². The van der Waals surface area contributed by atoms with E-state index in [-0.39, 0.29) is 17.6 Å². The second-order valence-corrected chi connectivity index (χ2v) is 7.69. The predicted molar refractivity (Wildman–Crippen MR) is 122 cm³/mol. The Bertz CT molecular complexity index is 1190. The molecule has 0 heterocycles.